The highest BCUT2D eigenvalue weighted by atomic mass is 35.5. The molecule has 1 aromatic heterocycles. The zero-order valence-corrected chi connectivity index (χ0v) is 10.8. The van der Waals surface area contributed by atoms with Gasteiger partial charge >= 0.3 is 0 Å². The number of aliphatic hydroxyl groups is 1. The molecular formula is C7H9Cl2NO3S2. The van der Waals surface area contributed by atoms with Crippen LogP contribution in [0, 0.1) is 0 Å². The fraction of sp³-hybridized carbons (Fsp3) is 0.429. The van der Waals surface area contributed by atoms with Crippen molar-refractivity contribution in [2.75, 3.05) is 6.54 Å². The third-order valence-corrected chi connectivity index (χ3v) is 4.66. The molecule has 4 nitrogen and oxygen atoms in total. The summed E-state index contributed by atoms with van der Waals surface area (Å²) in [6, 6.07) is 1.28. The first-order chi connectivity index (χ1) is 6.83. The lowest BCUT2D eigenvalue weighted by Gasteiger charge is -2.06. The molecule has 1 aromatic rings. The van der Waals surface area contributed by atoms with Crippen LogP contribution in [-0.4, -0.2) is 26.2 Å². The monoisotopic (exact) mass is 289 g/mol. The Labute approximate surface area is 102 Å². The van der Waals surface area contributed by atoms with Gasteiger partial charge in [0.15, 0.2) is 0 Å². The number of nitrogens with one attached hydrogen (secondary N) is 1. The van der Waals surface area contributed by atoms with E-state index in [9.17, 15) is 8.42 Å². The SMILES string of the molecule is C[C@@H](O)CNS(=O)(=O)c1cc(Cl)sc1Cl. The molecule has 0 aromatic carbocycles. The second-order valence-electron chi connectivity index (χ2n) is 2.89. The predicted molar refractivity (Wildman–Crippen MR) is 61.2 cm³/mol. The lowest BCUT2D eigenvalue weighted by atomic mass is 10.4. The van der Waals surface area contributed by atoms with Crippen LogP contribution in [0.25, 0.3) is 0 Å². The van der Waals surface area contributed by atoms with Crippen LogP contribution in [0.1, 0.15) is 6.92 Å². The van der Waals surface area contributed by atoms with Crippen molar-refractivity contribution in [3.8, 4) is 0 Å². The number of halogens is 2. The fourth-order valence-electron chi connectivity index (χ4n) is 0.816. The topological polar surface area (TPSA) is 66.4 Å². The maximum atomic E-state index is 11.6. The number of thiophene rings is 1. The van der Waals surface area contributed by atoms with E-state index >= 15 is 0 Å². The van der Waals surface area contributed by atoms with Gasteiger partial charge in [-0.1, -0.05) is 23.2 Å². The Bertz CT molecular complexity index is 441. The van der Waals surface area contributed by atoms with Crippen LogP contribution in [-0.2, 0) is 10.0 Å². The Balaban J connectivity index is 2.91. The highest BCUT2D eigenvalue weighted by Gasteiger charge is 2.20. The quantitative estimate of drug-likeness (QED) is 0.887. The molecule has 0 aliphatic carbocycles. The molecule has 0 amide bonds. The molecule has 86 valence electrons. The van der Waals surface area contributed by atoms with Gasteiger partial charge in [-0.25, -0.2) is 13.1 Å². The van der Waals surface area contributed by atoms with Gasteiger partial charge in [0.05, 0.1) is 10.4 Å². The lowest BCUT2D eigenvalue weighted by Crippen LogP contribution is -2.30. The van der Waals surface area contributed by atoms with E-state index in [0.717, 1.165) is 11.3 Å². The summed E-state index contributed by atoms with van der Waals surface area (Å²) in [5.41, 5.74) is 0. The second kappa shape index (κ2) is 4.99. The maximum Gasteiger partial charge on any atom is 0.243 e. The smallest absolute Gasteiger partial charge is 0.243 e. The summed E-state index contributed by atoms with van der Waals surface area (Å²) in [4.78, 5) is -0.0557. The highest BCUT2D eigenvalue weighted by molar-refractivity contribution is 7.89. The standard InChI is InChI=1S/C7H9Cl2NO3S2/c1-4(11)3-10-15(12,13)5-2-6(8)14-7(5)9/h2,4,10-11H,3H2,1H3/t4-/m1/s1. The molecule has 0 saturated heterocycles. The molecular weight excluding hydrogens is 281 g/mol. The predicted octanol–water partition coefficient (Wildman–Crippen LogP) is 1.71. The molecule has 0 bridgehead atoms. The Morgan fingerprint density at radius 3 is 2.60 bits per heavy atom. The first-order valence-corrected chi connectivity index (χ1v) is 7.01. The van der Waals surface area contributed by atoms with Crippen LogP contribution >= 0.6 is 34.5 Å². The molecule has 0 aliphatic heterocycles. The van der Waals surface area contributed by atoms with Crippen molar-refractivity contribution in [2.45, 2.75) is 17.9 Å². The average molecular weight is 290 g/mol. The average Bonchev–Trinajstić information content (AvgIpc) is 2.43. The van der Waals surface area contributed by atoms with Crippen LogP contribution in [0.5, 0.6) is 0 Å². The number of rotatable bonds is 4. The fourth-order valence-corrected chi connectivity index (χ4v) is 4.09. The normalized spacial score (nSPS) is 14.1. The Morgan fingerprint density at radius 1 is 1.60 bits per heavy atom. The summed E-state index contributed by atoms with van der Waals surface area (Å²) < 4.78 is 25.9. The van der Waals surface area contributed by atoms with Crippen LogP contribution in [0.2, 0.25) is 8.67 Å². The van der Waals surface area contributed by atoms with E-state index in [1.54, 1.807) is 0 Å². The van der Waals surface area contributed by atoms with Gasteiger partial charge in [-0.2, -0.15) is 0 Å². The van der Waals surface area contributed by atoms with Crippen molar-refractivity contribution >= 4 is 44.6 Å². The van der Waals surface area contributed by atoms with E-state index in [4.69, 9.17) is 28.3 Å². The summed E-state index contributed by atoms with van der Waals surface area (Å²) in [6.07, 6.45) is -0.757. The molecule has 15 heavy (non-hydrogen) atoms. The molecule has 8 heteroatoms. The maximum absolute atomic E-state index is 11.6. The third kappa shape index (κ3) is 3.58. The van der Waals surface area contributed by atoms with E-state index in [1.807, 2.05) is 0 Å². The van der Waals surface area contributed by atoms with E-state index in [2.05, 4.69) is 4.72 Å². The molecule has 0 fully saturated rings. The number of sulfonamides is 1. The van der Waals surface area contributed by atoms with Crippen LogP contribution in [0.3, 0.4) is 0 Å². The van der Waals surface area contributed by atoms with Gasteiger partial charge in [-0.05, 0) is 13.0 Å². The zero-order chi connectivity index (χ0) is 11.6. The molecule has 1 atom stereocenters. The molecule has 1 rings (SSSR count). The summed E-state index contributed by atoms with van der Waals surface area (Å²) in [5, 5.41) is 8.95. The Kier molecular flexibility index (Phi) is 4.39. The van der Waals surface area contributed by atoms with Gasteiger partial charge in [-0.3, -0.25) is 0 Å². The lowest BCUT2D eigenvalue weighted by molar-refractivity contribution is 0.198. The summed E-state index contributed by atoms with van der Waals surface area (Å²) in [5.74, 6) is 0. The van der Waals surface area contributed by atoms with Gasteiger partial charge in [0.25, 0.3) is 0 Å². The van der Waals surface area contributed by atoms with Crippen LogP contribution in [0.4, 0.5) is 0 Å². The van der Waals surface area contributed by atoms with Gasteiger partial charge in [0, 0.05) is 6.54 Å². The van der Waals surface area contributed by atoms with Crippen molar-refractivity contribution in [2.24, 2.45) is 0 Å². The van der Waals surface area contributed by atoms with E-state index in [0.29, 0.717) is 4.34 Å². The Hall–Kier alpha value is 0.150. The van der Waals surface area contributed by atoms with Crippen molar-refractivity contribution in [1.29, 1.82) is 0 Å². The molecule has 0 aliphatic rings. The Morgan fingerprint density at radius 2 is 2.20 bits per heavy atom. The number of hydrogen-bond acceptors (Lipinski definition) is 4. The number of hydrogen-bond donors (Lipinski definition) is 2. The highest BCUT2D eigenvalue weighted by Crippen LogP contribution is 2.33. The molecule has 2 N–H and O–H groups in total. The van der Waals surface area contributed by atoms with Crippen molar-refractivity contribution in [3.05, 3.63) is 14.7 Å². The largest absolute Gasteiger partial charge is 0.392 e. The third-order valence-electron chi connectivity index (χ3n) is 1.48. The first kappa shape index (κ1) is 13.2. The van der Waals surface area contributed by atoms with Crippen molar-refractivity contribution in [3.63, 3.8) is 0 Å². The first-order valence-electron chi connectivity index (χ1n) is 3.95. The zero-order valence-electron chi connectivity index (χ0n) is 7.70. The minimum absolute atomic E-state index is 0.0557. The van der Waals surface area contributed by atoms with Crippen molar-refractivity contribution in [1.82, 2.24) is 4.72 Å². The van der Waals surface area contributed by atoms with E-state index in [-0.39, 0.29) is 15.8 Å². The minimum Gasteiger partial charge on any atom is -0.392 e. The van der Waals surface area contributed by atoms with Gasteiger partial charge in [0.1, 0.15) is 9.23 Å². The van der Waals surface area contributed by atoms with Gasteiger partial charge in [-0.15, -0.1) is 11.3 Å². The van der Waals surface area contributed by atoms with Crippen LogP contribution < -0.4 is 4.72 Å². The summed E-state index contributed by atoms with van der Waals surface area (Å²) in [6.45, 7) is 1.41. The molecule has 0 spiro atoms. The van der Waals surface area contributed by atoms with Crippen molar-refractivity contribution < 1.29 is 13.5 Å². The molecule has 1 heterocycles. The van der Waals surface area contributed by atoms with E-state index < -0.39 is 16.1 Å². The second-order valence-corrected chi connectivity index (χ2v) is 6.91. The molecule has 0 saturated carbocycles. The van der Waals surface area contributed by atoms with Gasteiger partial charge < -0.3 is 5.11 Å². The minimum atomic E-state index is -3.68. The molecule has 0 unspecified atom stereocenters. The molecule has 0 radical (unpaired) electrons. The van der Waals surface area contributed by atoms with Crippen LogP contribution in [0.15, 0.2) is 11.0 Å². The summed E-state index contributed by atoms with van der Waals surface area (Å²) >= 11 is 12.3. The van der Waals surface area contributed by atoms with Gasteiger partial charge in [0.2, 0.25) is 10.0 Å². The van der Waals surface area contributed by atoms with E-state index in [1.165, 1.54) is 13.0 Å². The number of aliphatic hydroxyl groups excluding tert-OH is 1. The summed E-state index contributed by atoms with van der Waals surface area (Å²) in [7, 11) is -3.68.